The number of allylic oxidation sites excluding steroid dienone is 2. The molecular formula is C44H66N2O9. The molecule has 1 saturated heterocycles. The molecule has 1 aromatic heterocycles. The molecule has 1 unspecified atom stereocenters. The zero-order chi connectivity index (χ0) is 39.9. The number of nitrogens with zero attached hydrogens (tertiary/aromatic N) is 1. The van der Waals surface area contributed by atoms with Gasteiger partial charge in [-0.3, -0.25) is 23.9 Å². The van der Waals surface area contributed by atoms with Crippen molar-refractivity contribution < 1.29 is 34.0 Å². The lowest BCUT2D eigenvalue weighted by Crippen LogP contribution is -2.65. The summed E-state index contributed by atoms with van der Waals surface area (Å²) < 4.78 is 19.3. The number of unbranched alkanes of at least 4 members (excludes halogenated alkanes) is 1. The van der Waals surface area contributed by atoms with Gasteiger partial charge in [0.2, 0.25) is 0 Å². The zero-order valence-corrected chi connectivity index (χ0v) is 34.4. The van der Waals surface area contributed by atoms with E-state index in [0.717, 1.165) is 87.7 Å². The van der Waals surface area contributed by atoms with Crippen LogP contribution in [0.4, 0.5) is 0 Å². The minimum absolute atomic E-state index is 0.0213. The molecule has 11 heteroatoms. The Morgan fingerprint density at radius 1 is 0.945 bits per heavy atom. The van der Waals surface area contributed by atoms with Crippen molar-refractivity contribution in [1.29, 1.82) is 0 Å². The van der Waals surface area contributed by atoms with E-state index in [1.165, 1.54) is 11.8 Å². The highest BCUT2D eigenvalue weighted by Crippen LogP contribution is 2.76. The van der Waals surface area contributed by atoms with Gasteiger partial charge in [0.25, 0.3) is 5.56 Å². The molecule has 2 heterocycles. The van der Waals surface area contributed by atoms with Gasteiger partial charge < -0.3 is 24.4 Å². The van der Waals surface area contributed by atoms with Gasteiger partial charge in [-0.25, -0.2) is 4.79 Å². The van der Waals surface area contributed by atoms with E-state index in [1.807, 2.05) is 0 Å². The molecule has 1 aromatic rings. The summed E-state index contributed by atoms with van der Waals surface area (Å²) in [4.78, 5) is 53.6. The molecule has 5 fully saturated rings. The number of ether oxygens (including phenoxy) is 3. The summed E-state index contributed by atoms with van der Waals surface area (Å²) in [5.41, 5.74) is -0.661. The first-order valence-corrected chi connectivity index (χ1v) is 21.1. The van der Waals surface area contributed by atoms with Crippen molar-refractivity contribution in [2.24, 2.45) is 50.2 Å². The predicted octanol–water partition coefficient (Wildman–Crippen LogP) is 6.60. The summed E-state index contributed by atoms with van der Waals surface area (Å²) in [6.07, 6.45) is 10.1. The number of aromatic nitrogens is 2. The quantitative estimate of drug-likeness (QED) is 0.196. The number of aromatic amines is 1. The molecule has 1 aliphatic heterocycles. The topological polar surface area (TPSA) is 157 Å². The minimum atomic E-state index is -1.46. The molecular weight excluding hydrogens is 700 g/mol. The zero-order valence-electron chi connectivity index (χ0n) is 34.4. The van der Waals surface area contributed by atoms with E-state index in [0.29, 0.717) is 18.3 Å². The second kappa shape index (κ2) is 14.0. The van der Waals surface area contributed by atoms with Crippen LogP contribution in [0.15, 0.2) is 33.5 Å². The predicted molar refractivity (Wildman–Crippen MR) is 207 cm³/mol. The van der Waals surface area contributed by atoms with Gasteiger partial charge in [-0.15, -0.1) is 0 Å². The first-order chi connectivity index (χ1) is 25.7. The monoisotopic (exact) mass is 766 g/mol. The number of H-pyrrole nitrogens is 1. The maximum absolute atomic E-state index is 14.6. The van der Waals surface area contributed by atoms with E-state index in [-0.39, 0.29) is 57.6 Å². The van der Waals surface area contributed by atoms with Crippen LogP contribution in [-0.4, -0.2) is 62.7 Å². The van der Waals surface area contributed by atoms with Crippen molar-refractivity contribution in [1.82, 2.24) is 9.55 Å². The Morgan fingerprint density at radius 2 is 1.67 bits per heavy atom. The lowest BCUT2D eigenvalue weighted by atomic mass is 9.33. The number of hydrogen-bond donors (Lipinski definition) is 3. The first kappa shape index (κ1) is 40.4. The summed E-state index contributed by atoms with van der Waals surface area (Å²) in [7, 11) is 0. The molecule has 0 radical (unpaired) electrons. The molecule has 55 heavy (non-hydrogen) atoms. The average molecular weight is 767 g/mol. The molecule has 0 aromatic carbocycles. The third kappa shape index (κ3) is 6.32. The van der Waals surface area contributed by atoms with Crippen LogP contribution in [0.25, 0.3) is 0 Å². The van der Waals surface area contributed by atoms with Crippen molar-refractivity contribution in [2.45, 2.75) is 170 Å². The van der Waals surface area contributed by atoms with Crippen LogP contribution in [-0.2, 0) is 23.8 Å². The molecule has 0 amide bonds. The molecule has 11 nitrogen and oxygen atoms in total. The van der Waals surface area contributed by atoms with E-state index in [2.05, 4.69) is 66.4 Å². The van der Waals surface area contributed by atoms with Gasteiger partial charge in [-0.2, -0.15) is 0 Å². The smallest absolute Gasteiger partial charge is 0.330 e. The van der Waals surface area contributed by atoms with Crippen molar-refractivity contribution >= 4 is 11.9 Å². The van der Waals surface area contributed by atoms with E-state index in [4.69, 9.17) is 14.2 Å². The van der Waals surface area contributed by atoms with Gasteiger partial charge >= 0.3 is 17.6 Å². The van der Waals surface area contributed by atoms with Crippen LogP contribution in [0, 0.1) is 50.2 Å². The Hall–Kier alpha value is -2.76. The Bertz CT molecular complexity index is 1810. The van der Waals surface area contributed by atoms with Crippen LogP contribution in [0.5, 0.6) is 0 Å². The molecule has 0 bridgehead atoms. The van der Waals surface area contributed by atoms with Crippen molar-refractivity contribution in [3.63, 3.8) is 0 Å². The van der Waals surface area contributed by atoms with Crippen molar-refractivity contribution in [3.8, 4) is 0 Å². The van der Waals surface area contributed by atoms with Gasteiger partial charge in [-0.05, 0) is 110 Å². The van der Waals surface area contributed by atoms with Crippen molar-refractivity contribution in [2.75, 3.05) is 6.61 Å². The van der Waals surface area contributed by atoms with Crippen LogP contribution >= 0.6 is 0 Å². The number of fused-ring (bicyclic) bond motifs is 7. The van der Waals surface area contributed by atoms with Crippen LogP contribution < -0.4 is 11.2 Å². The molecule has 7 rings (SSSR count). The van der Waals surface area contributed by atoms with Crippen LogP contribution in [0.1, 0.15) is 145 Å². The third-order valence-corrected chi connectivity index (χ3v) is 16.8. The maximum atomic E-state index is 14.6. The number of rotatable bonds is 8. The van der Waals surface area contributed by atoms with Crippen LogP contribution in [0.2, 0.25) is 0 Å². The number of nitrogens with one attached hydrogen (secondary N) is 1. The standard InChI is InChI=1S/C44H66N2O9/c1-9-10-11-33(48)55-31-15-17-41(6)29(40(31,4)5)14-18-43(8)30(41)13-12-26-27-24-39(2,3)19-21-44(27,22-20-42(26,43)7)37(51)53-25-28-34(49)35(50)36(54-28)46-23-16-32(47)45-38(46)52/h12,16,23,27-31,34-36,49-50H,9-11,13-15,17-22,24-25H2,1-8H3,(H,45,47,52)/t27-,28+,29?,30+,31-,34+,35+,36+,41-,42+,43+,44-/m0/s1. The van der Waals surface area contributed by atoms with E-state index in [1.54, 1.807) is 0 Å². The number of hydrogen-bond acceptors (Lipinski definition) is 9. The van der Waals surface area contributed by atoms with Gasteiger partial charge in [0.1, 0.15) is 31.0 Å². The Morgan fingerprint density at radius 3 is 2.38 bits per heavy atom. The largest absolute Gasteiger partial charge is 0.462 e. The Labute approximate surface area is 326 Å². The van der Waals surface area contributed by atoms with E-state index < -0.39 is 41.2 Å². The fraction of sp³-hybridized carbons (Fsp3) is 0.818. The minimum Gasteiger partial charge on any atom is -0.462 e. The van der Waals surface area contributed by atoms with Gasteiger partial charge in [0.15, 0.2) is 6.23 Å². The Balaban J connectivity index is 1.13. The van der Waals surface area contributed by atoms with E-state index in [9.17, 15) is 29.4 Å². The number of esters is 2. The highest BCUT2D eigenvalue weighted by molar-refractivity contribution is 5.79. The summed E-state index contributed by atoms with van der Waals surface area (Å²) in [6, 6.07) is 1.15. The van der Waals surface area contributed by atoms with Crippen molar-refractivity contribution in [3.05, 3.63) is 44.8 Å². The van der Waals surface area contributed by atoms with E-state index >= 15 is 0 Å². The van der Waals surface area contributed by atoms with Gasteiger partial charge in [0.05, 0.1) is 5.41 Å². The van der Waals surface area contributed by atoms with Gasteiger partial charge in [0, 0.05) is 24.1 Å². The second-order valence-electron chi connectivity index (χ2n) is 20.5. The van der Waals surface area contributed by atoms with Gasteiger partial charge in [-0.1, -0.05) is 73.5 Å². The summed E-state index contributed by atoms with van der Waals surface area (Å²) in [5.74, 6) is 0.595. The summed E-state index contributed by atoms with van der Waals surface area (Å²) >= 11 is 0. The third-order valence-electron chi connectivity index (χ3n) is 16.8. The fourth-order valence-corrected chi connectivity index (χ4v) is 13.4. The average Bonchev–Trinajstić information content (AvgIpc) is 3.39. The fourth-order valence-electron chi connectivity index (χ4n) is 13.4. The number of carbonyl (C=O) groups excluding carboxylic acids is 2. The molecule has 5 aliphatic carbocycles. The highest BCUT2D eigenvalue weighted by Gasteiger charge is 2.69. The lowest BCUT2D eigenvalue weighted by Gasteiger charge is -2.71. The first-order valence-electron chi connectivity index (χ1n) is 21.1. The summed E-state index contributed by atoms with van der Waals surface area (Å²) in [6.45, 7) is 18.7. The SMILES string of the molecule is CCCCC(=O)O[C@H]1CC[C@@]2(C)C(CC[C@]3(C)[C@@H]2CC=C2[C@@H]4CC(C)(C)CC[C@]4(C(=O)OC[C@H]4O[C@@H](n5ccc(=O)[nH]c5=O)[C@H](O)[C@@H]4O)CC[C@]23C)C1(C)C. The molecule has 6 aliphatic rings. The maximum Gasteiger partial charge on any atom is 0.330 e. The Kier molecular flexibility index (Phi) is 10.3. The molecule has 306 valence electrons. The summed E-state index contributed by atoms with van der Waals surface area (Å²) in [5, 5.41) is 21.7. The second-order valence-corrected chi connectivity index (χ2v) is 20.5. The number of aliphatic hydroxyl groups excluding tert-OH is 2. The van der Waals surface area contributed by atoms with Crippen LogP contribution in [0.3, 0.4) is 0 Å². The molecule has 4 saturated carbocycles. The molecule has 0 spiro atoms. The molecule has 12 atom stereocenters. The highest BCUT2D eigenvalue weighted by atomic mass is 16.6. The number of carbonyl (C=O) groups is 2. The normalized spacial score (nSPS) is 42.8. The lowest BCUT2D eigenvalue weighted by molar-refractivity contribution is -0.214. The molecule has 3 N–H and O–H groups in total. The number of aliphatic hydroxyl groups is 2.